The predicted molar refractivity (Wildman–Crippen MR) is 149 cm³/mol. The lowest BCUT2D eigenvalue weighted by Gasteiger charge is -2.25. The molecule has 0 bridgehead atoms. The van der Waals surface area contributed by atoms with Gasteiger partial charge in [0, 0.05) is 0 Å². The highest BCUT2D eigenvalue weighted by Gasteiger charge is 2.56. The Labute approximate surface area is 236 Å². The molecule has 1 aliphatic carbocycles. The molecule has 0 aromatic heterocycles. The molecular weight excluding hydrogens is 496 g/mol. The Morgan fingerprint density at radius 3 is 1.28 bits per heavy atom. The van der Waals surface area contributed by atoms with Crippen molar-refractivity contribution in [3.63, 3.8) is 0 Å². The van der Waals surface area contributed by atoms with Crippen LogP contribution in [0.15, 0.2) is 0 Å². The van der Waals surface area contributed by atoms with Gasteiger partial charge in [0.15, 0.2) is 0 Å². The maximum atomic E-state index is 13.0. The average Bonchev–Trinajstić information content (AvgIpc) is 3.84. The molecule has 39 heavy (non-hydrogen) atoms. The van der Waals surface area contributed by atoms with Crippen LogP contribution >= 0.6 is 0 Å². The van der Waals surface area contributed by atoms with Gasteiger partial charge in [-0.3, -0.25) is 9.59 Å². The summed E-state index contributed by atoms with van der Waals surface area (Å²) in [5.41, 5.74) is 0. The van der Waals surface area contributed by atoms with Crippen molar-refractivity contribution < 1.29 is 33.3 Å². The first-order chi connectivity index (χ1) is 19.1. The molecule has 4 rings (SSSR count). The van der Waals surface area contributed by atoms with Gasteiger partial charge in [-0.25, -0.2) is 0 Å². The van der Waals surface area contributed by atoms with E-state index in [2.05, 4.69) is 13.8 Å². The van der Waals surface area contributed by atoms with E-state index < -0.39 is 24.4 Å². The summed E-state index contributed by atoms with van der Waals surface area (Å²) in [7, 11) is 0. The Kier molecular flexibility index (Phi) is 12.9. The summed E-state index contributed by atoms with van der Waals surface area (Å²) in [6.07, 6.45) is 22.4. The molecule has 0 N–H and O–H groups in total. The number of carbonyl (C=O) groups excluding carboxylic acids is 2. The lowest BCUT2D eigenvalue weighted by atomic mass is 9.79. The second-order valence-electron chi connectivity index (χ2n) is 12.4. The fraction of sp³-hybridized carbons (Fsp3) is 0.938. The van der Waals surface area contributed by atoms with E-state index in [0.29, 0.717) is 12.8 Å². The minimum atomic E-state index is -0.529. The van der Waals surface area contributed by atoms with Crippen LogP contribution in [0, 0.1) is 11.8 Å². The largest absolute Gasteiger partial charge is 0.433 e. The van der Waals surface area contributed by atoms with Crippen LogP contribution in [0.3, 0.4) is 0 Å². The standard InChI is InChI=1S/C32H54O7/c1-3-5-7-9-11-13-15-17-19-25-31(36-25)38-29(33)23-21-27-28(35-27)22-24(23)30(34)39-32-26(37-32)20-18-16-14-12-10-8-6-4-2/h23-28,31-32H,3-22H2,1-2H3. The zero-order valence-corrected chi connectivity index (χ0v) is 24.6. The first kappa shape index (κ1) is 30.8. The van der Waals surface area contributed by atoms with E-state index in [1.807, 2.05) is 0 Å². The van der Waals surface area contributed by atoms with Crippen LogP contribution in [0.4, 0.5) is 0 Å². The van der Waals surface area contributed by atoms with Crippen molar-refractivity contribution in [2.24, 2.45) is 11.8 Å². The minimum absolute atomic E-state index is 0.00456. The second-order valence-corrected chi connectivity index (χ2v) is 12.4. The van der Waals surface area contributed by atoms with Crippen molar-refractivity contribution in [2.45, 2.75) is 179 Å². The first-order valence-corrected chi connectivity index (χ1v) is 16.5. The summed E-state index contributed by atoms with van der Waals surface area (Å²) in [6, 6.07) is 0. The lowest BCUT2D eigenvalue weighted by molar-refractivity contribution is -0.167. The Morgan fingerprint density at radius 2 is 0.897 bits per heavy atom. The molecule has 1 saturated carbocycles. The van der Waals surface area contributed by atoms with E-state index >= 15 is 0 Å². The maximum absolute atomic E-state index is 13.0. The van der Waals surface area contributed by atoms with Crippen molar-refractivity contribution in [3.8, 4) is 0 Å². The van der Waals surface area contributed by atoms with Crippen molar-refractivity contribution in [3.05, 3.63) is 0 Å². The normalized spacial score (nSPS) is 32.4. The van der Waals surface area contributed by atoms with Gasteiger partial charge in [0.2, 0.25) is 12.6 Å². The molecule has 0 radical (unpaired) electrons. The highest BCUT2D eigenvalue weighted by Crippen LogP contribution is 2.45. The number of unbranched alkanes of at least 4 members (excludes halogenated alkanes) is 14. The van der Waals surface area contributed by atoms with Gasteiger partial charge in [0.05, 0.1) is 24.0 Å². The monoisotopic (exact) mass is 550 g/mol. The van der Waals surface area contributed by atoms with Crippen LogP contribution in [0.5, 0.6) is 0 Å². The third-order valence-corrected chi connectivity index (χ3v) is 8.97. The predicted octanol–water partition coefficient (Wildman–Crippen LogP) is 7.38. The van der Waals surface area contributed by atoms with Gasteiger partial charge in [0.1, 0.15) is 12.2 Å². The molecule has 0 aromatic carbocycles. The quantitative estimate of drug-likeness (QED) is 0.0789. The molecular formula is C32H54O7. The highest BCUT2D eigenvalue weighted by molar-refractivity contribution is 5.83. The second kappa shape index (κ2) is 16.3. The zero-order valence-electron chi connectivity index (χ0n) is 24.6. The van der Waals surface area contributed by atoms with E-state index in [9.17, 15) is 9.59 Å². The smallest absolute Gasteiger partial charge is 0.312 e. The zero-order chi connectivity index (χ0) is 27.5. The number of epoxide rings is 3. The van der Waals surface area contributed by atoms with Crippen molar-refractivity contribution in [1.82, 2.24) is 0 Å². The molecule has 3 heterocycles. The van der Waals surface area contributed by atoms with Crippen LogP contribution in [0.1, 0.15) is 142 Å². The van der Waals surface area contributed by atoms with E-state index in [0.717, 1.165) is 25.7 Å². The van der Waals surface area contributed by atoms with E-state index in [1.54, 1.807) is 0 Å². The SMILES string of the molecule is CCCCCCCCCCC1OC1OC(=O)C1CC2OC2CC1C(=O)OC1OC1CCCCCCCCCC. The molecule has 0 amide bonds. The molecule has 0 spiro atoms. The summed E-state index contributed by atoms with van der Waals surface area (Å²) in [4.78, 5) is 26.1. The molecule has 7 heteroatoms. The average molecular weight is 551 g/mol. The van der Waals surface area contributed by atoms with E-state index in [1.165, 1.54) is 89.9 Å². The van der Waals surface area contributed by atoms with Gasteiger partial charge in [-0.1, -0.05) is 117 Å². The summed E-state index contributed by atoms with van der Waals surface area (Å²) in [6.45, 7) is 4.48. The van der Waals surface area contributed by atoms with Crippen LogP contribution in [0.2, 0.25) is 0 Å². The van der Waals surface area contributed by atoms with Crippen LogP contribution in [-0.4, -0.2) is 48.9 Å². The number of fused-ring (bicyclic) bond motifs is 1. The third kappa shape index (κ3) is 10.6. The number of hydrogen-bond acceptors (Lipinski definition) is 7. The Hall–Kier alpha value is -1.18. The first-order valence-electron chi connectivity index (χ1n) is 16.5. The molecule has 3 aliphatic heterocycles. The minimum Gasteiger partial charge on any atom is -0.433 e. The van der Waals surface area contributed by atoms with Gasteiger partial charge < -0.3 is 23.7 Å². The summed E-state index contributed by atoms with van der Waals surface area (Å²) >= 11 is 0. The highest BCUT2D eigenvalue weighted by atomic mass is 16.8. The summed E-state index contributed by atoms with van der Waals surface area (Å²) < 4.78 is 28.3. The molecule has 8 atom stereocenters. The molecule has 8 unspecified atom stereocenters. The van der Waals surface area contributed by atoms with Crippen LogP contribution < -0.4 is 0 Å². The number of ether oxygens (including phenoxy) is 5. The maximum Gasteiger partial charge on any atom is 0.312 e. The number of carbonyl (C=O) groups is 2. The number of esters is 2. The van der Waals surface area contributed by atoms with Crippen LogP contribution in [0.25, 0.3) is 0 Å². The topological polar surface area (TPSA) is 90.2 Å². The number of rotatable bonds is 22. The van der Waals surface area contributed by atoms with Gasteiger partial charge in [0.25, 0.3) is 0 Å². The van der Waals surface area contributed by atoms with Crippen LogP contribution in [-0.2, 0) is 33.3 Å². The molecule has 7 nitrogen and oxygen atoms in total. The molecule has 4 fully saturated rings. The molecule has 4 aliphatic rings. The van der Waals surface area contributed by atoms with Gasteiger partial charge >= 0.3 is 11.9 Å². The van der Waals surface area contributed by atoms with E-state index in [4.69, 9.17) is 23.7 Å². The molecule has 3 saturated heterocycles. The van der Waals surface area contributed by atoms with Gasteiger partial charge in [-0.2, -0.15) is 0 Å². The lowest BCUT2D eigenvalue weighted by Crippen LogP contribution is -2.38. The Balaban J connectivity index is 1.08. The Bertz CT molecular complexity index is 682. The third-order valence-electron chi connectivity index (χ3n) is 8.97. The molecule has 224 valence electrons. The number of hydrogen-bond donors (Lipinski definition) is 0. The summed E-state index contributed by atoms with van der Waals surface area (Å²) in [5.74, 6) is -1.75. The van der Waals surface area contributed by atoms with Crippen molar-refractivity contribution >= 4 is 11.9 Å². The fourth-order valence-corrected chi connectivity index (χ4v) is 6.18. The van der Waals surface area contributed by atoms with E-state index in [-0.39, 0.29) is 36.4 Å². The van der Waals surface area contributed by atoms with Crippen molar-refractivity contribution in [2.75, 3.05) is 0 Å². The Morgan fingerprint density at radius 1 is 0.538 bits per heavy atom. The summed E-state index contributed by atoms with van der Waals surface area (Å²) in [5, 5.41) is 0. The van der Waals surface area contributed by atoms with Gasteiger partial charge in [-0.15, -0.1) is 0 Å². The van der Waals surface area contributed by atoms with Gasteiger partial charge in [-0.05, 0) is 25.7 Å². The fourth-order valence-electron chi connectivity index (χ4n) is 6.18. The molecule has 0 aromatic rings. The van der Waals surface area contributed by atoms with Crippen molar-refractivity contribution in [1.29, 1.82) is 0 Å².